The van der Waals surface area contributed by atoms with Gasteiger partial charge in [-0.1, -0.05) is 11.6 Å². The summed E-state index contributed by atoms with van der Waals surface area (Å²) in [6.07, 6.45) is 3.40. The van der Waals surface area contributed by atoms with Gasteiger partial charge in [-0.15, -0.1) is 11.8 Å². The van der Waals surface area contributed by atoms with Crippen LogP contribution in [0.15, 0.2) is 41.4 Å². The van der Waals surface area contributed by atoms with Crippen molar-refractivity contribution in [2.45, 2.75) is 4.90 Å². The number of thioether (sulfide) groups is 1. The van der Waals surface area contributed by atoms with E-state index in [4.69, 9.17) is 17.3 Å². The molecule has 1 aromatic carbocycles. The molecule has 0 spiro atoms. The number of anilines is 1. The van der Waals surface area contributed by atoms with Crippen LogP contribution < -0.4 is 5.73 Å². The van der Waals surface area contributed by atoms with E-state index in [2.05, 4.69) is 4.98 Å². The van der Waals surface area contributed by atoms with Gasteiger partial charge in [0, 0.05) is 16.7 Å². The Balaban J connectivity index is 2.38. The number of ketones is 1. The number of nitrogens with two attached hydrogens (primary N) is 1. The average molecular weight is 279 g/mol. The Labute approximate surface area is 114 Å². The van der Waals surface area contributed by atoms with Crippen molar-refractivity contribution >= 4 is 35.0 Å². The first-order valence-electron chi connectivity index (χ1n) is 5.21. The van der Waals surface area contributed by atoms with Gasteiger partial charge in [0.25, 0.3) is 0 Å². The molecule has 0 atom stereocenters. The predicted molar refractivity (Wildman–Crippen MR) is 75.3 cm³/mol. The van der Waals surface area contributed by atoms with Gasteiger partial charge in [0.15, 0.2) is 5.78 Å². The molecule has 0 saturated carbocycles. The highest BCUT2D eigenvalue weighted by Gasteiger charge is 2.13. The maximum atomic E-state index is 12.2. The van der Waals surface area contributed by atoms with Crippen molar-refractivity contribution in [1.82, 2.24) is 4.98 Å². The number of carbonyl (C=O) groups excluding carboxylic acids is 1. The van der Waals surface area contributed by atoms with Crippen LogP contribution >= 0.6 is 23.4 Å². The lowest BCUT2D eigenvalue weighted by Crippen LogP contribution is -2.06. The third kappa shape index (κ3) is 2.66. The Morgan fingerprint density at radius 1 is 1.33 bits per heavy atom. The van der Waals surface area contributed by atoms with Crippen LogP contribution in [0.4, 0.5) is 5.82 Å². The maximum absolute atomic E-state index is 12.2. The quantitative estimate of drug-likeness (QED) is 0.691. The summed E-state index contributed by atoms with van der Waals surface area (Å²) in [4.78, 5) is 17.2. The minimum absolute atomic E-state index is 0.171. The average Bonchev–Trinajstić information content (AvgIpc) is 2.41. The van der Waals surface area contributed by atoms with Crippen LogP contribution in [0, 0.1) is 0 Å². The predicted octanol–water partition coefficient (Wildman–Crippen LogP) is 3.27. The molecule has 5 heteroatoms. The lowest BCUT2D eigenvalue weighted by atomic mass is 10.0. The summed E-state index contributed by atoms with van der Waals surface area (Å²) >= 11 is 7.44. The second kappa shape index (κ2) is 5.42. The van der Waals surface area contributed by atoms with Crippen molar-refractivity contribution < 1.29 is 4.79 Å². The lowest BCUT2D eigenvalue weighted by molar-refractivity contribution is 0.103. The summed E-state index contributed by atoms with van der Waals surface area (Å²) in [7, 11) is 0. The van der Waals surface area contributed by atoms with Crippen molar-refractivity contribution in [1.29, 1.82) is 0 Å². The van der Waals surface area contributed by atoms with Gasteiger partial charge in [-0.25, -0.2) is 4.98 Å². The van der Waals surface area contributed by atoms with E-state index >= 15 is 0 Å². The van der Waals surface area contributed by atoms with Gasteiger partial charge in [-0.3, -0.25) is 4.79 Å². The van der Waals surface area contributed by atoms with Crippen LogP contribution in [-0.2, 0) is 0 Å². The van der Waals surface area contributed by atoms with Crippen LogP contribution in [0.5, 0.6) is 0 Å². The highest BCUT2D eigenvalue weighted by molar-refractivity contribution is 7.98. The number of benzene rings is 1. The molecule has 1 heterocycles. The maximum Gasteiger partial charge on any atom is 0.196 e. The molecule has 0 aliphatic heterocycles. The number of halogens is 1. The molecule has 0 fully saturated rings. The number of nitrogens with zero attached hydrogens (tertiary/aromatic N) is 1. The number of rotatable bonds is 3. The summed E-state index contributed by atoms with van der Waals surface area (Å²) in [5.74, 6) is 0.0218. The Hall–Kier alpha value is -1.52. The minimum atomic E-state index is -0.171. The smallest absolute Gasteiger partial charge is 0.196 e. The summed E-state index contributed by atoms with van der Waals surface area (Å²) < 4.78 is 0. The molecule has 1 aromatic heterocycles. The molecule has 2 N–H and O–H groups in total. The molecule has 2 rings (SSSR count). The molecule has 0 aliphatic carbocycles. The SMILES string of the molecule is CSc1ccc(C(=O)c2cc(Cl)cnc2N)cc1. The molecule has 0 saturated heterocycles. The Kier molecular flexibility index (Phi) is 3.89. The number of hydrogen-bond acceptors (Lipinski definition) is 4. The van der Waals surface area contributed by atoms with Crippen LogP contribution in [0.25, 0.3) is 0 Å². The van der Waals surface area contributed by atoms with Gasteiger partial charge >= 0.3 is 0 Å². The van der Waals surface area contributed by atoms with Gasteiger partial charge in [-0.05, 0) is 36.6 Å². The van der Waals surface area contributed by atoms with Crippen molar-refractivity contribution in [3.8, 4) is 0 Å². The first kappa shape index (κ1) is 12.9. The largest absolute Gasteiger partial charge is 0.383 e. The molecule has 0 radical (unpaired) electrons. The molecule has 0 unspecified atom stereocenters. The van der Waals surface area contributed by atoms with Crippen molar-refractivity contribution in [3.63, 3.8) is 0 Å². The third-order valence-electron chi connectivity index (χ3n) is 2.48. The highest BCUT2D eigenvalue weighted by atomic mass is 35.5. The molecular weight excluding hydrogens is 268 g/mol. The zero-order valence-corrected chi connectivity index (χ0v) is 11.3. The van der Waals surface area contributed by atoms with Crippen LogP contribution in [0.1, 0.15) is 15.9 Å². The Morgan fingerprint density at radius 2 is 2.00 bits per heavy atom. The molecule has 0 amide bonds. The number of pyridine rings is 1. The van der Waals surface area contributed by atoms with E-state index in [0.29, 0.717) is 16.1 Å². The van der Waals surface area contributed by atoms with Crippen LogP contribution in [0.3, 0.4) is 0 Å². The van der Waals surface area contributed by atoms with Gasteiger partial charge in [0.2, 0.25) is 0 Å². The fourth-order valence-corrected chi connectivity index (χ4v) is 2.10. The Morgan fingerprint density at radius 3 is 2.61 bits per heavy atom. The second-order valence-corrected chi connectivity index (χ2v) is 4.96. The monoisotopic (exact) mass is 278 g/mol. The highest BCUT2D eigenvalue weighted by Crippen LogP contribution is 2.21. The van der Waals surface area contributed by atoms with E-state index in [1.807, 2.05) is 18.4 Å². The van der Waals surface area contributed by atoms with Gasteiger partial charge in [-0.2, -0.15) is 0 Å². The summed E-state index contributed by atoms with van der Waals surface area (Å²) in [5.41, 5.74) is 6.59. The summed E-state index contributed by atoms with van der Waals surface area (Å²) in [6, 6.07) is 8.87. The fraction of sp³-hybridized carbons (Fsp3) is 0.0769. The molecule has 3 nitrogen and oxygen atoms in total. The second-order valence-electron chi connectivity index (χ2n) is 3.64. The van der Waals surface area contributed by atoms with Gasteiger partial charge < -0.3 is 5.73 Å². The van der Waals surface area contributed by atoms with Crippen molar-refractivity contribution in [3.05, 3.63) is 52.7 Å². The third-order valence-corrected chi connectivity index (χ3v) is 3.43. The molecule has 0 aliphatic rings. The number of carbonyl (C=O) groups is 1. The van der Waals surface area contributed by atoms with Crippen molar-refractivity contribution in [2.24, 2.45) is 0 Å². The normalized spacial score (nSPS) is 10.3. The summed E-state index contributed by atoms with van der Waals surface area (Å²) in [6.45, 7) is 0. The standard InChI is InChI=1S/C13H11ClN2OS/c1-18-10-4-2-8(3-5-10)12(17)11-6-9(14)7-16-13(11)15/h2-7H,1H3,(H2,15,16). The minimum Gasteiger partial charge on any atom is -0.383 e. The number of hydrogen-bond donors (Lipinski definition) is 1. The Bertz CT molecular complexity index is 584. The number of nitrogen functional groups attached to an aromatic ring is 1. The zero-order valence-electron chi connectivity index (χ0n) is 9.68. The molecular formula is C13H11ClN2OS. The van der Waals surface area contributed by atoms with Gasteiger partial charge in [0.05, 0.1) is 10.6 Å². The lowest BCUT2D eigenvalue weighted by Gasteiger charge is -2.05. The van der Waals surface area contributed by atoms with E-state index < -0.39 is 0 Å². The van der Waals surface area contributed by atoms with Crippen LogP contribution in [-0.4, -0.2) is 17.0 Å². The van der Waals surface area contributed by atoms with E-state index in [1.54, 1.807) is 23.9 Å². The van der Waals surface area contributed by atoms with E-state index in [9.17, 15) is 4.79 Å². The van der Waals surface area contributed by atoms with E-state index in [1.165, 1.54) is 12.3 Å². The number of aromatic nitrogens is 1. The fourth-order valence-electron chi connectivity index (χ4n) is 1.53. The zero-order chi connectivity index (χ0) is 13.1. The molecule has 2 aromatic rings. The van der Waals surface area contributed by atoms with E-state index in [0.717, 1.165) is 4.90 Å². The van der Waals surface area contributed by atoms with Gasteiger partial charge in [0.1, 0.15) is 5.82 Å². The summed E-state index contributed by atoms with van der Waals surface area (Å²) in [5, 5.41) is 0.397. The first-order valence-corrected chi connectivity index (χ1v) is 6.82. The molecule has 18 heavy (non-hydrogen) atoms. The molecule has 0 bridgehead atoms. The molecule has 92 valence electrons. The van der Waals surface area contributed by atoms with Crippen molar-refractivity contribution in [2.75, 3.05) is 12.0 Å². The first-order chi connectivity index (χ1) is 8.61. The van der Waals surface area contributed by atoms with Crippen LogP contribution in [0.2, 0.25) is 5.02 Å². The topological polar surface area (TPSA) is 56.0 Å². The van der Waals surface area contributed by atoms with E-state index in [-0.39, 0.29) is 11.6 Å².